The van der Waals surface area contributed by atoms with Gasteiger partial charge in [-0.2, -0.15) is 10.3 Å². The quantitative estimate of drug-likeness (QED) is 0.884. The molecule has 0 aromatic carbocycles. The van der Waals surface area contributed by atoms with Gasteiger partial charge in [0.2, 0.25) is 5.91 Å². The van der Waals surface area contributed by atoms with Gasteiger partial charge >= 0.3 is 0 Å². The van der Waals surface area contributed by atoms with E-state index in [1.807, 2.05) is 24.3 Å². The van der Waals surface area contributed by atoms with Gasteiger partial charge in [0.05, 0.1) is 12.2 Å². The van der Waals surface area contributed by atoms with Gasteiger partial charge in [0, 0.05) is 43.6 Å². The van der Waals surface area contributed by atoms with Crippen LogP contribution in [0.2, 0.25) is 0 Å². The van der Waals surface area contributed by atoms with Crippen molar-refractivity contribution >= 4 is 5.91 Å². The molecular formula is C14H21N7O. The standard InChI is InChI=1S/C14H21N7O/c1-14(2)9-21(13(14)10-7-15-20(3)8-10)12(22)6-4-5-11-16-18-19-17-11/h7-8,13H,4-6,9H2,1-3H3,(H,16,17,18,19). The fourth-order valence-electron chi connectivity index (χ4n) is 3.20. The lowest BCUT2D eigenvalue weighted by molar-refractivity contribution is -0.152. The Bertz CT molecular complexity index is 646. The van der Waals surface area contributed by atoms with Gasteiger partial charge in [-0.25, -0.2) is 0 Å². The summed E-state index contributed by atoms with van der Waals surface area (Å²) in [6, 6.07) is 0.110. The van der Waals surface area contributed by atoms with Crippen LogP contribution >= 0.6 is 0 Å². The van der Waals surface area contributed by atoms with Crippen molar-refractivity contribution in [1.82, 2.24) is 35.3 Å². The number of nitrogens with one attached hydrogen (secondary N) is 1. The minimum Gasteiger partial charge on any atom is -0.334 e. The lowest BCUT2D eigenvalue weighted by Crippen LogP contribution is -2.57. The number of likely N-dealkylation sites (tertiary alicyclic amines) is 1. The highest BCUT2D eigenvalue weighted by atomic mass is 16.2. The molecule has 0 saturated carbocycles. The Morgan fingerprint density at radius 2 is 2.32 bits per heavy atom. The minimum absolute atomic E-state index is 0.0896. The molecule has 22 heavy (non-hydrogen) atoms. The number of carbonyl (C=O) groups is 1. The zero-order valence-corrected chi connectivity index (χ0v) is 13.2. The second kappa shape index (κ2) is 5.51. The summed E-state index contributed by atoms with van der Waals surface area (Å²) in [4.78, 5) is 14.4. The Hall–Kier alpha value is -2.25. The molecule has 0 spiro atoms. The molecule has 3 rings (SSSR count). The molecule has 1 saturated heterocycles. The van der Waals surface area contributed by atoms with Gasteiger partial charge < -0.3 is 4.90 Å². The third-order valence-corrected chi connectivity index (χ3v) is 4.17. The van der Waals surface area contributed by atoms with E-state index in [9.17, 15) is 4.79 Å². The third kappa shape index (κ3) is 2.72. The monoisotopic (exact) mass is 303 g/mol. The smallest absolute Gasteiger partial charge is 0.223 e. The number of hydrogen-bond donors (Lipinski definition) is 1. The molecule has 2 aromatic rings. The van der Waals surface area contributed by atoms with E-state index in [2.05, 4.69) is 39.6 Å². The normalized spacial score (nSPS) is 20.0. The van der Waals surface area contributed by atoms with Crippen LogP contribution in [0.4, 0.5) is 0 Å². The second-order valence-corrected chi connectivity index (χ2v) is 6.54. The number of aromatic amines is 1. The summed E-state index contributed by atoms with van der Waals surface area (Å²) >= 11 is 0. The maximum absolute atomic E-state index is 12.5. The second-order valence-electron chi connectivity index (χ2n) is 6.54. The first-order valence-corrected chi connectivity index (χ1v) is 7.48. The molecule has 0 bridgehead atoms. The van der Waals surface area contributed by atoms with Gasteiger partial charge in [-0.05, 0) is 6.42 Å². The SMILES string of the molecule is Cn1cc(C2N(C(=O)CCCc3nn[nH]n3)CC2(C)C)cn1. The molecule has 3 heterocycles. The van der Waals surface area contributed by atoms with Gasteiger partial charge in [0.1, 0.15) is 0 Å². The predicted octanol–water partition coefficient (Wildman–Crippen LogP) is 0.866. The number of hydrogen-bond acceptors (Lipinski definition) is 5. The number of carbonyl (C=O) groups excluding carboxylic acids is 1. The fraction of sp³-hybridized carbons (Fsp3) is 0.643. The summed E-state index contributed by atoms with van der Waals surface area (Å²) in [6.07, 6.45) is 5.74. The summed E-state index contributed by atoms with van der Waals surface area (Å²) in [7, 11) is 1.90. The van der Waals surface area contributed by atoms with E-state index in [0.29, 0.717) is 18.7 Å². The van der Waals surface area contributed by atoms with Crippen LogP contribution in [0.15, 0.2) is 12.4 Å². The van der Waals surface area contributed by atoms with E-state index in [4.69, 9.17) is 0 Å². The van der Waals surface area contributed by atoms with E-state index in [-0.39, 0.29) is 17.4 Å². The van der Waals surface area contributed by atoms with Gasteiger partial charge in [0.15, 0.2) is 5.82 Å². The van der Waals surface area contributed by atoms with Crippen LogP contribution in [0.3, 0.4) is 0 Å². The maximum Gasteiger partial charge on any atom is 0.223 e. The Kier molecular flexibility index (Phi) is 3.67. The first kappa shape index (κ1) is 14.7. The zero-order valence-electron chi connectivity index (χ0n) is 13.2. The number of tetrazole rings is 1. The summed E-state index contributed by atoms with van der Waals surface area (Å²) in [6.45, 7) is 5.16. The van der Waals surface area contributed by atoms with Crippen LogP contribution in [0.5, 0.6) is 0 Å². The summed E-state index contributed by atoms with van der Waals surface area (Å²) in [5.74, 6) is 0.831. The molecule has 0 aliphatic carbocycles. The highest BCUT2D eigenvalue weighted by Crippen LogP contribution is 2.48. The van der Waals surface area contributed by atoms with Crippen molar-refractivity contribution in [3.8, 4) is 0 Å². The average molecular weight is 303 g/mol. The molecule has 8 heteroatoms. The third-order valence-electron chi connectivity index (χ3n) is 4.17. The predicted molar refractivity (Wildman–Crippen MR) is 78.6 cm³/mol. The van der Waals surface area contributed by atoms with Crippen LogP contribution < -0.4 is 0 Å². The van der Waals surface area contributed by atoms with E-state index >= 15 is 0 Å². The molecule has 1 N–H and O–H groups in total. The van der Waals surface area contributed by atoms with Gasteiger partial charge in [-0.3, -0.25) is 9.48 Å². The number of aromatic nitrogens is 6. The summed E-state index contributed by atoms with van der Waals surface area (Å²) in [5, 5.41) is 18.0. The largest absolute Gasteiger partial charge is 0.334 e. The van der Waals surface area contributed by atoms with E-state index in [0.717, 1.165) is 18.5 Å². The van der Waals surface area contributed by atoms with Gasteiger partial charge in [-0.15, -0.1) is 10.2 Å². The van der Waals surface area contributed by atoms with Gasteiger partial charge in [-0.1, -0.05) is 19.1 Å². The minimum atomic E-state index is 0.0896. The number of H-pyrrole nitrogens is 1. The summed E-state index contributed by atoms with van der Waals surface area (Å²) < 4.78 is 1.78. The lowest BCUT2D eigenvalue weighted by Gasteiger charge is -2.54. The maximum atomic E-state index is 12.5. The first-order valence-electron chi connectivity index (χ1n) is 7.48. The Labute approximate surface area is 128 Å². The summed E-state index contributed by atoms with van der Waals surface area (Å²) in [5.41, 5.74) is 1.19. The fourth-order valence-corrected chi connectivity index (χ4v) is 3.20. The molecular weight excluding hydrogens is 282 g/mol. The van der Waals surface area contributed by atoms with Crippen LogP contribution in [0.25, 0.3) is 0 Å². The molecule has 1 aliphatic heterocycles. The molecule has 2 aromatic heterocycles. The Morgan fingerprint density at radius 1 is 1.50 bits per heavy atom. The molecule has 1 amide bonds. The van der Waals surface area contributed by atoms with E-state index in [1.54, 1.807) is 4.68 Å². The van der Waals surface area contributed by atoms with Crippen LogP contribution in [-0.4, -0.2) is 47.8 Å². The number of aryl methyl sites for hydroxylation is 2. The number of amides is 1. The van der Waals surface area contributed by atoms with E-state index < -0.39 is 0 Å². The Morgan fingerprint density at radius 3 is 2.91 bits per heavy atom. The van der Waals surface area contributed by atoms with Crippen molar-refractivity contribution in [1.29, 1.82) is 0 Å². The van der Waals surface area contributed by atoms with Gasteiger partial charge in [0.25, 0.3) is 0 Å². The first-order chi connectivity index (χ1) is 10.5. The lowest BCUT2D eigenvalue weighted by atomic mass is 9.72. The topological polar surface area (TPSA) is 92.6 Å². The number of rotatable bonds is 5. The van der Waals surface area contributed by atoms with Crippen molar-refractivity contribution in [2.24, 2.45) is 12.5 Å². The van der Waals surface area contributed by atoms with Crippen LogP contribution in [0.1, 0.15) is 44.1 Å². The highest BCUT2D eigenvalue weighted by Gasteiger charge is 2.48. The molecule has 1 aliphatic rings. The van der Waals surface area contributed by atoms with Crippen molar-refractivity contribution in [2.45, 2.75) is 39.2 Å². The van der Waals surface area contributed by atoms with Crippen molar-refractivity contribution in [3.05, 3.63) is 23.8 Å². The molecule has 8 nitrogen and oxygen atoms in total. The van der Waals surface area contributed by atoms with Crippen LogP contribution in [0, 0.1) is 5.41 Å². The van der Waals surface area contributed by atoms with Crippen molar-refractivity contribution in [2.75, 3.05) is 6.54 Å². The molecule has 0 radical (unpaired) electrons. The zero-order chi connectivity index (χ0) is 15.7. The van der Waals surface area contributed by atoms with Crippen LogP contribution in [-0.2, 0) is 18.3 Å². The average Bonchev–Trinajstić information content (AvgIpc) is 3.08. The van der Waals surface area contributed by atoms with Crippen molar-refractivity contribution in [3.63, 3.8) is 0 Å². The molecule has 1 unspecified atom stereocenters. The van der Waals surface area contributed by atoms with Crippen molar-refractivity contribution < 1.29 is 4.79 Å². The Balaban J connectivity index is 1.60. The highest BCUT2D eigenvalue weighted by molar-refractivity contribution is 5.78. The molecule has 1 atom stereocenters. The van der Waals surface area contributed by atoms with E-state index in [1.165, 1.54) is 0 Å². The molecule has 1 fully saturated rings. The number of nitrogens with zero attached hydrogens (tertiary/aromatic N) is 6. The molecule has 118 valence electrons.